The van der Waals surface area contributed by atoms with Crippen LogP contribution in [0.15, 0.2) is 59.3 Å². The van der Waals surface area contributed by atoms with Crippen LogP contribution in [0.25, 0.3) is 0 Å². The van der Waals surface area contributed by atoms with Crippen molar-refractivity contribution in [2.24, 2.45) is 5.92 Å². The maximum atomic E-state index is 13.3. The van der Waals surface area contributed by atoms with Crippen LogP contribution >= 0.6 is 11.6 Å². The Labute approximate surface area is 214 Å². The number of nitrogens with zero attached hydrogens (tertiary/aromatic N) is 2. The maximum absolute atomic E-state index is 13.3. The van der Waals surface area contributed by atoms with E-state index >= 15 is 0 Å². The quantitative estimate of drug-likeness (QED) is 0.434. The molecule has 8 nitrogen and oxygen atoms in total. The van der Waals surface area contributed by atoms with Gasteiger partial charge in [-0.1, -0.05) is 43.6 Å². The van der Waals surface area contributed by atoms with Crippen molar-refractivity contribution in [1.29, 1.82) is 0 Å². The van der Waals surface area contributed by atoms with Gasteiger partial charge in [0.1, 0.15) is 10.7 Å². The van der Waals surface area contributed by atoms with Crippen molar-refractivity contribution < 1.29 is 23.9 Å². The van der Waals surface area contributed by atoms with Gasteiger partial charge in [0, 0.05) is 24.3 Å². The number of anilines is 2. The summed E-state index contributed by atoms with van der Waals surface area (Å²) in [7, 11) is 0. The number of para-hydroxylation sites is 1. The van der Waals surface area contributed by atoms with Gasteiger partial charge in [-0.3, -0.25) is 14.4 Å². The fraction of sp³-hybridized carbons (Fsp3) is 0.333. The van der Waals surface area contributed by atoms with Gasteiger partial charge in [0.25, 0.3) is 17.7 Å². The summed E-state index contributed by atoms with van der Waals surface area (Å²) < 4.78 is 5.20. The first-order valence-corrected chi connectivity index (χ1v) is 12.4. The highest BCUT2D eigenvalue weighted by molar-refractivity contribution is 6.53. The van der Waals surface area contributed by atoms with E-state index in [0.717, 1.165) is 17.7 Å². The molecule has 2 aliphatic rings. The van der Waals surface area contributed by atoms with E-state index in [4.69, 9.17) is 16.3 Å². The molecule has 0 bridgehead atoms. The molecule has 3 amide bonds. The van der Waals surface area contributed by atoms with Crippen LogP contribution < -0.4 is 10.2 Å². The molecule has 1 N–H and O–H groups in total. The molecule has 1 fully saturated rings. The third-order valence-electron chi connectivity index (χ3n) is 6.28. The molecular weight excluding hydrogens is 482 g/mol. The van der Waals surface area contributed by atoms with E-state index in [2.05, 4.69) is 12.2 Å². The summed E-state index contributed by atoms with van der Waals surface area (Å²) in [6.45, 7) is 5.67. The lowest BCUT2D eigenvalue weighted by Crippen LogP contribution is -2.37. The molecular formula is C27H28ClN3O5. The number of esters is 1. The Balaban J connectivity index is 1.55. The molecule has 0 aliphatic carbocycles. The van der Waals surface area contributed by atoms with Gasteiger partial charge in [-0.2, -0.15) is 0 Å². The number of hydrogen-bond donors (Lipinski definition) is 1. The molecule has 188 valence electrons. The molecule has 2 aromatic rings. The topological polar surface area (TPSA) is 96.0 Å². The van der Waals surface area contributed by atoms with Crippen LogP contribution in [0.1, 0.15) is 53.8 Å². The number of piperidine rings is 1. The minimum atomic E-state index is -0.755. The van der Waals surface area contributed by atoms with Gasteiger partial charge < -0.3 is 15.0 Å². The molecule has 36 heavy (non-hydrogen) atoms. The van der Waals surface area contributed by atoms with E-state index in [-0.39, 0.29) is 34.5 Å². The highest BCUT2D eigenvalue weighted by Gasteiger charge is 2.40. The van der Waals surface area contributed by atoms with E-state index in [0.29, 0.717) is 36.7 Å². The smallest absolute Gasteiger partial charge is 0.340 e. The van der Waals surface area contributed by atoms with Gasteiger partial charge in [0.05, 0.1) is 17.9 Å². The molecule has 9 heteroatoms. The fourth-order valence-corrected chi connectivity index (χ4v) is 4.43. The van der Waals surface area contributed by atoms with E-state index < -0.39 is 17.8 Å². The number of nitrogens with one attached hydrogen (secondary N) is 1. The summed E-state index contributed by atoms with van der Waals surface area (Å²) in [5, 5.41) is 2.60. The molecule has 0 aromatic heterocycles. The number of carbonyl (C=O) groups excluding carboxylic acids is 4. The van der Waals surface area contributed by atoms with Gasteiger partial charge in [0.2, 0.25) is 0 Å². The number of benzene rings is 2. The molecule has 0 spiro atoms. The highest BCUT2D eigenvalue weighted by Crippen LogP contribution is 2.32. The van der Waals surface area contributed by atoms with Crippen LogP contribution in [0.3, 0.4) is 0 Å². The van der Waals surface area contributed by atoms with Crippen molar-refractivity contribution in [2.45, 2.75) is 33.1 Å². The molecule has 4 rings (SSSR count). The number of imide groups is 1. The number of halogens is 1. The van der Waals surface area contributed by atoms with E-state index in [9.17, 15) is 19.2 Å². The lowest BCUT2D eigenvalue weighted by molar-refractivity contribution is -0.120. The Bertz CT molecular complexity index is 1230. The van der Waals surface area contributed by atoms with Gasteiger partial charge in [-0.25, -0.2) is 9.69 Å². The minimum Gasteiger partial charge on any atom is -0.462 e. The average molecular weight is 510 g/mol. The predicted octanol–water partition coefficient (Wildman–Crippen LogP) is 4.56. The van der Waals surface area contributed by atoms with Crippen molar-refractivity contribution in [1.82, 2.24) is 4.90 Å². The lowest BCUT2D eigenvalue weighted by atomic mass is 9.98. The summed E-state index contributed by atoms with van der Waals surface area (Å²) in [5.41, 5.74) is 0.963. The van der Waals surface area contributed by atoms with Gasteiger partial charge >= 0.3 is 5.97 Å². The van der Waals surface area contributed by atoms with Gasteiger partial charge in [0.15, 0.2) is 0 Å². The second-order valence-electron chi connectivity index (χ2n) is 8.97. The monoisotopic (exact) mass is 509 g/mol. The van der Waals surface area contributed by atoms with Crippen LogP contribution in [0.5, 0.6) is 0 Å². The van der Waals surface area contributed by atoms with Crippen LogP contribution in [0.4, 0.5) is 11.4 Å². The maximum Gasteiger partial charge on any atom is 0.340 e. The number of carbonyl (C=O) groups is 4. The summed E-state index contributed by atoms with van der Waals surface area (Å²) in [6, 6.07) is 13.0. The second kappa shape index (κ2) is 11.0. The second-order valence-corrected chi connectivity index (χ2v) is 9.35. The van der Waals surface area contributed by atoms with Crippen molar-refractivity contribution in [3.8, 4) is 0 Å². The first-order valence-electron chi connectivity index (χ1n) is 12.0. The molecule has 0 atom stereocenters. The Hall–Kier alpha value is -3.65. The Morgan fingerprint density at radius 3 is 2.50 bits per heavy atom. The molecule has 0 radical (unpaired) electrons. The zero-order valence-electron chi connectivity index (χ0n) is 20.3. The van der Waals surface area contributed by atoms with Crippen LogP contribution in [-0.4, -0.2) is 48.3 Å². The summed E-state index contributed by atoms with van der Waals surface area (Å²) in [4.78, 5) is 54.5. The largest absolute Gasteiger partial charge is 0.462 e. The predicted molar refractivity (Wildman–Crippen MR) is 137 cm³/mol. The van der Waals surface area contributed by atoms with Gasteiger partial charge in [-0.15, -0.1) is 0 Å². The Kier molecular flexibility index (Phi) is 7.74. The van der Waals surface area contributed by atoms with E-state index in [1.54, 1.807) is 36.4 Å². The lowest BCUT2D eigenvalue weighted by Gasteiger charge is -2.30. The third kappa shape index (κ3) is 5.14. The summed E-state index contributed by atoms with van der Waals surface area (Å²) in [6.07, 6.45) is 2.56. The van der Waals surface area contributed by atoms with Crippen LogP contribution in [0, 0.1) is 5.92 Å². The zero-order chi connectivity index (χ0) is 25.8. The number of rotatable bonds is 7. The number of likely N-dealkylation sites (tertiary alicyclic amines) is 1. The fourth-order valence-electron chi connectivity index (χ4n) is 4.21. The first-order chi connectivity index (χ1) is 17.3. The normalized spacial score (nSPS) is 16.5. The molecule has 2 aliphatic heterocycles. The van der Waals surface area contributed by atoms with Crippen molar-refractivity contribution >= 4 is 46.7 Å². The van der Waals surface area contributed by atoms with Crippen molar-refractivity contribution in [3.05, 3.63) is 70.4 Å². The molecule has 1 saturated heterocycles. The molecule has 0 unspecified atom stereocenters. The molecule has 2 heterocycles. The number of ether oxygens (including phenoxy) is 1. The Morgan fingerprint density at radius 1 is 1.06 bits per heavy atom. The molecule has 2 aromatic carbocycles. The average Bonchev–Trinajstić information content (AvgIpc) is 3.10. The minimum absolute atomic E-state index is 0.0828. The summed E-state index contributed by atoms with van der Waals surface area (Å²) in [5.74, 6) is -1.58. The van der Waals surface area contributed by atoms with Crippen LogP contribution in [0.2, 0.25) is 0 Å². The van der Waals surface area contributed by atoms with Crippen molar-refractivity contribution in [3.63, 3.8) is 0 Å². The van der Waals surface area contributed by atoms with Crippen molar-refractivity contribution in [2.75, 3.05) is 29.9 Å². The summed E-state index contributed by atoms with van der Waals surface area (Å²) >= 11 is 6.29. The molecule has 0 saturated carbocycles. The Morgan fingerprint density at radius 2 is 1.78 bits per heavy atom. The van der Waals surface area contributed by atoms with Gasteiger partial charge in [-0.05, 0) is 55.5 Å². The van der Waals surface area contributed by atoms with Crippen LogP contribution in [-0.2, 0) is 14.3 Å². The zero-order valence-corrected chi connectivity index (χ0v) is 21.0. The number of amides is 3. The van der Waals surface area contributed by atoms with E-state index in [1.165, 1.54) is 12.1 Å². The third-order valence-corrected chi connectivity index (χ3v) is 6.63. The van der Waals surface area contributed by atoms with E-state index in [1.807, 2.05) is 11.8 Å². The number of hydrogen-bond acceptors (Lipinski definition) is 6. The SMILES string of the molecule is CCCOC(=O)c1ccccc1N1C(=O)C(Cl)=C(Nc2cccc(C(=O)N3CCC(C)CC3)c2)C1=O. The standard InChI is InChI=1S/C27H28ClN3O5/c1-3-15-36-27(35)20-9-4-5-10-21(20)31-25(33)22(28)23(26(31)34)29-19-8-6-7-18(16-19)24(32)30-13-11-17(2)12-14-30/h4-10,16-17,29H,3,11-15H2,1-2H3. The first kappa shape index (κ1) is 25.4. The highest BCUT2D eigenvalue weighted by atomic mass is 35.5.